The second kappa shape index (κ2) is 5.80. The third-order valence-corrected chi connectivity index (χ3v) is 2.88. The molecule has 19 heavy (non-hydrogen) atoms. The molecule has 2 rings (SSSR count). The van der Waals surface area contributed by atoms with Crippen LogP contribution >= 0.6 is 11.6 Å². The largest absolute Gasteiger partial charge is 0.326 e. The maximum Gasteiger partial charge on any atom is 0.228 e. The van der Waals surface area contributed by atoms with Gasteiger partial charge in [-0.25, -0.2) is 8.78 Å². The van der Waals surface area contributed by atoms with Crippen LogP contribution in [-0.4, -0.2) is 5.91 Å². The summed E-state index contributed by atoms with van der Waals surface area (Å²) in [7, 11) is 0. The number of anilines is 1. The lowest BCUT2D eigenvalue weighted by atomic mass is 10.1. The molecule has 0 unspecified atom stereocenters. The topological polar surface area (TPSA) is 29.1 Å². The summed E-state index contributed by atoms with van der Waals surface area (Å²) in [5, 5.41) is 2.74. The van der Waals surface area contributed by atoms with E-state index >= 15 is 0 Å². The fourth-order valence-electron chi connectivity index (χ4n) is 1.60. The van der Waals surface area contributed by atoms with Crippen molar-refractivity contribution in [3.05, 3.63) is 64.7 Å². The summed E-state index contributed by atoms with van der Waals surface area (Å²) in [6.07, 6.45) is -0.178. The maximum atomic E-state index is 13.5. The highest BCUT2D eigenvalue weighted by Gasteiger charge is 2.11. The number of rotatable bonds is 3. The number of hydrogen-bond donors (Lipinski definition) is 1. The van der Waals surface area contributed by atoms with Crippen LogP contribution in [0.15, 0.2) is 42.5 Å². The summed E-state index contributed by atoms with van der Waals surface area (Å²) in [6.45, 7) is 0. The molecular weight excluding hydrogens is 272 g/mol. The highest BCUT2D eigenvalue weighted by molar-refractivity contribution is 6.31. The van der Waals surface area contributed by atoms with Crippen molar-refractivity contribution in [2.75, 3.05) is 5.32 Å². The predicted molar refractivity (Wildman–Crippen MR) is 70.1 cm³/mol. The maximum absolute atomic E-state index is 13.5. The van der Waals surface area contributed by atoms with Gasteiger partial charge in [-0.2, -0.15) is 0 Å². The summed E-state index contributed by atoms with van der Waals surface area (Å²) >= 11 is 5.83. The van der Waals surface area contributed by atoms with Crippen LogP contribution in [0.2, 0.25) is 5.02 Å². The summed E-state index contributed by atoms with van der Waals surface area (Å²) in [5.41, 5.74) is 0.586. The third kappa shape index (κ3) is 3.51. The van der Waals surface area contributed by atoms with Gasteiger partial charge in [-0.1, -0.05) is 17.7 Å². The summed E-state index contributed by atoms with van der Waals surface area (Å²) in [5.74, 6) is -1.34. The summed E-state index contributed by atoms with van der Waals surface area (Å²) < 4.78 is 26.2. The number of hydrogen-bond acceptors (Lipinski definition) is 1. The van der Waals surface area contributed by atoms with E-state index in [1.54, 1.807) is 0 Å². The van der Waals surface area contributed by atoms with E-state index < -0.39 is 17.5 Å². The molecule has 5 heteroatoms. The Balaban J connectivity index is 2.07. The Labute approximate surface area is 114 Å². The lowest BCUT2D eigenvalue weighted by molar-refractivity contribution is -0.115. The lowest BCUT2D eigenvalue weighted by Crippen LogP contribution is -2.15. The van der Waals surface area contributed by atoms with Crippen LogP contribution in [0.25, 0.3) is 0 Å². The van der Waals surface area contributed by atoms with Gasteiger partial charge in [0.1, 0.15) is 11.6 Å². The molecule has 0 aliphatic carbocycles. The van der Waals surface area contributed by atoms with Crippen LogP contribution in [0.5, 0.6) is 0 Å². The average molecular weight is 282 g/mol. The molecule has 0 bridgehead atoms. The fraction of sp³-hybridized carbons (Fsp3) is 0.0714. The molecule has 0 saturated heterocycles. The third-order valence-electron chi connectivity index (χ3n) is 2.53. The van der Waals surface area contributed by atoms with Crippen molar-refractivity contribution in [3.8, 4) is 0 Å². The number of carbonyl (C=O) groups is 1. The van der Waals surface area contributed by atoms with Gasteiger partial charge in [0.25, 0.3) is 0 Å². The molecule has 1 N–H and O–H groups in total. The first kappa shape index (κ1) is 13.5. The normalized spacial score (nSPS) is 10.3. The minimum absolute atomic E-state index is 0.142. The molecule has 0 spiro atoms. The van der Waals surface area contributed by atoms with E-state index in [-0.39, 0.29) is 17.0 Å². The minimum atomic E-state index is -0.526. The Morgan fingerprint density at radius 3 is 2.42 bits per heavy atom. The molecule has 2 nitrogen and oxygen atoms in total. The van der Waals surface area contributed by atoms with Gasteiger partial charge in [0, 0.05) is 16.3 Å². The Hall–Kier alpha value is -1.94. The van der Waals surface area contributed by atoms with Crippen molar-refractivity contribution >= 4 is 23.2 Å². The fourth-order valence-corrected chi connectivity index (χ4v) is 1.83. The Morgan fingerprint density at radius 2 is 1.79 bits per heavy atom. The SMILES string of the molecule is O=C(Cc1c(F)cccc1Cl)Nc1ccc(F)cc1. The monoisotopic (exact) mass is 281 g/mol. The molecule has 0 fully saturated rings. The van der Waals surface area contributed by atoms with Gasteiger partial charge in [-0.05, 0) is 36.4 Å². The Morgan fingerprint density at radius 1 is 1.11 bits per heavy atom. The van der Waals surface area contributed by atoms with Crippen LogP contribution in [0, 0.1) is 11.6 Å². The van der Waals surface area contributed by atoms with E-state index in [4.69, 9.17) is 11.6 Å². The van der Waals surface area contributed by atoms with Crippen molar-refractivity contribution in [1.82, 2.24) is 0 Å². The number of nitrogens with one attached hydrogen (secondary N) is 1. The van der Waals surface area contributed by atoms with Crippen LogP contribution in [-0.2, 0) is 11.2 Å². The highest BCUT2D eigenvalue weighted by atomic mass is 35.5. The van der Waals surface area contributed by atoms with E-state index in [2.05, 4.69) is 5.32 Å². The molecule has 0 atom stereocenters. The zero-order valence-electron chi connectivity index (χ0n) is 9.79. The van der Waals surface area contributed by atoms with E-state index in [1.165, 1.54) is 42.5 Å². The van der Waals surface area contributed by atoms with Gasteiger partial charge in [-0.15, -0.1) is 0 Å². The van der Waals surface area contributed by atoms with E-state index in [1.807, 2.05) is 0 Å². The predicted octanol–water partition coefficient (Wildman–Crippen LogP) is 3.80. The second-order valence-electron chi connectivity index (χ2n) is 3.93. The lowest BCUT2D eigenvalue weighted by Gasteiger charge is -2.07. The zero-order chi connectivity index (χ0) is 13.8. The van der Waals surface area contributed by atoms with Crippen molar-refractivity contribution in [2.45, 2.75) is 6.42 Å². The highest BCUT2D eigenvalue weighted by Crippen LogP contribution is 2.20. The molecule has 1 amide bonds. The molecule has 2 aromatic carbocycles. The molecule has 0 radical (unpaired) electrons. The molecule has 0 saturated carbocycles. The van der Waals surface area contributed by atoms with Gasteiger partial charge in [0.05, 0.1) is 6.42 Å². The van der Waals surface area contributed by atoms with Crippen molar-refractivity contribution in [3.63, 3.8) is 0 Å². The summed E-state index contributed by atoms with van der Waals surface area (Å²) in [4.78, 5) is 11.7. The number of halogens is 3. The number of carbonyl (C=O) groups excluding carboxylic acids is 1. The standard InChI is InChI=1S/C14H10ClF2NO/c15-12-2-1-3-13(17)11(12)8-14(19)18-10-6-4-9(16)5-7-10/h1-7H,8H2,(H,18,19). The van der Waals surface area contributed by atoms with E-state index in [0.717, 1.165) is 0 Å². The Bertz CT molecular complexity index is 579. The van der Waals surface area contributed by atoms with Crippen LogP contribution < -0.4 is 5.32 Å². The minimum Gasteiger partial charge on any atom is -0.326 e. The van der Waals surface area contributed by atoms with E-state index in [9.17, 15) is 13.6 Å². The van der Waals surface area contributed by atoms with Gasteiger partial charge >= 0.3 is 0 Å². The molecule has 0 aliphatic rings. The van der Waals surface area contributed by atoms with Crippen molar-refractivity contribution in [2.24, 2.45) is 0 Å². The molecule has 0 aromatic heterocycles. The smallest absolute Gasteiger partial charge is 0.228 e. The summed E-state index contributed by atoms with van der Waals surface area (Å²) in [6, 6.07) is 9.54. The number of benzene rings is 2. The first-order valence-corrected chi connectivity index (χ1v) is 5.92. The molecule has 2 aromatic rings. The van der Waals surface area contributed by atoms with Gasteiger partial charge in [0.2, 0.25) is 5.91 Å². The Kier molecular flexibility index (Phi) is 4.12. The van der Waals surface area contributed by atoms with Gasteiger partial charge in [0.15, 0.2) is 0 Å². The van der Waals surface area contributed by atoms with Crippen LogP contribution in [0.1, 0.15) is 5.56 Å². The molecule has 0 aliphatic heterocycles. The first-order chi connectivity index (χ1) is 9.06. The second-order valence-corrected chi connectivity index (χ2v) is 4.34. The molecule has 0 heterocycles. The van der Waals surface area contributed by atoms with Crippen molar-refractivity contribution < 1.29 is 13.6 Å². The van der Waals surface area contributed by atoms with Crippen LogP contribution in [0.3, 0.4) is 0 Å². The van der Waals surface area contributed by atoms with Crippen LogP contribution in [0.4, 0.5) is 14.5 Å². The molecular formula is C14H10ClF2NO. The number of amides is 1. The van der Waals surface area contributed by atoms with Gasteiger partial charge in [-0.3, -0.25) is 4.79 Å². The van der Waals surface area contributed by atoms with Crippen molar-refractivity contribution in [1.29, 1.82) is 0 Å². The zero-order valence-corrected chi connectivity index (χ0v) is 10.5. The van der Waals surface area contributed by atoms with Gasteiger partial charge < -0.3 is 5.32 Å². The van der Waals surface area contributed by atoms with E-state index in [0.29, 0.717) is 5.69 Å². The quantitative estimate of drug-likeness (QED) is 0.911. The first-order valence-electron chi connectivity index (χ1n) is 5.54. The average Bonchev–Trinajstić information content (AvgIpc) is 2.37. The molecule has 98 valence electrons.